The lowest BCUT2D eigenvalue weighted by atomic mass is 10.1. The second-order valence-electron chi connectivity index (χ2n) is 9.97. The van der Waals surface area contributed by atoms with Gasteiger partial charge in [-0.3, -0.25) is 4.90 Å². The number of anilines is 6. The van der Waals surface area contributed by atoms with Gasteiger partial charge in [-0.25, -0.2) is 4.99 Å². The smallest absolute Gasteiger partial charge is 0.216 e. The number of guanidine groups is 1. The third-order valence-electron chi connectivity index (χ3n) is 7.35. The lowest BCUT2D eigenvalue weighted by molar-refractivity contribution is 0.985. The molecule has 2 aliphatic heterocycles. The van der Waals surface area contributed by atoms with Gasteiger partial charge in [0.2, 0.25) is 5.96 Å². The van der Waals surface area contributed by atoms with Crippen LogP contribution in [0.1, 0.15) is 16.7 Å². The number of aryl methyl sites for hydroxylation is 2. The van der Waals surface area contributed by atoms with Gasteiger partial charge in [0.25, 0.3) is 0 Å². The highest BCUT2D eigenvalue weighted by molar-refractivity contribution is 6.21. The van der Waals surface area contributed by atoms with E-state index < -0.39 is 0 Å². The predicted octanol–water partition coefficient (Wildman–Crippen LogP) is 8.93. The monoisotopic (exact) mass is 492 g/mol. The Bertz CT molecular complexity index is 1610. The fourth-order valence-corrected chi connectivity index (χ4v) is 5.36. The fraction of sp³-hybridized carbons (Fsp3) is 0.0882. The van der Waals surface area contributed by atoms with E-state index in [0.29, 0.717) is 0 Å². The summed E-state index contributed by atoms with van der Waals surface area (Å²) in [6.07, 6.45) is 0. The summed E-state index contributed by atoms with van der Waals surface area (Å²) in [4.78, 5) is 12.0. The maximum Gasteiger partial charge on any atom is 0.216 e. The SMILES string of the molecule is Cc1ccc(N(c2ccc(C)cc2)c2ccc(N3C4=Nc5ccccc5CN4c4ccccc43)cc2)cc1. The summed E-state index contributed by atoms with van der Waals surface area (Å²) in [6, 6.07) is 43.2. The molecule has 38 heavy (non-hydrogen) atoms. The minimum Gasteiger partial charge on any atom is -0.311 e. The van der Waals surface area contributed by atoms with Crippen LogP contribution in [0.25, 0.3) is 0 Å². The maximum absolute atomic E-state index is 5.11. The first-order chi connectivity index (χ1) is 18.7. The third-order valence-corrected chi connectivity index (χ3v) is 7.35. The third kappa shape index (κ3) is 3.73. The Labute approximate surface area is 223 Å². The Balaban J connectivity index is 1.31. The molecular weight excluding hydrogens is 464 g/mol. The maximum atomic E-state index is 5.11. The van der Waals surface area contributed by atoms with E-state index in [-0.39, 0.29) is 0 Å². The highest BCUT2D eigenvalue weighted by atomic mass is 15.4. The molecule has 0 fully saturated rings. The average Bonchev–Trinajstić information content (AvgIpc) is 3.27. The Morgan fingerprint density at radius 1 is 0.579 bits per heavy atom. The predicted molar refractivity (Wildman–Crippen MR) is 159 cm³/mol. The minimum absolute atomic E-state index is 0.815. The van der Waals surface area contributed by atoms with Gasteiger partial charge in [0, 0.05) is 22.7 Å². The zero-order valence-electron chi connectivity index (χ0n) is 21.5. The van der Waals surface area contributed by atoms with Crippen molar-refractivity contribution in [2.24, 2.45) is 4.99 Å². The van der Waals surface area contributed by atoms with Crippen LogP contribution in [0.2, 0.25) is 0 Å². The van der Waals surface area contributed by atoms with E-state index in [1.165, 1.54) is 22.4 Å². The van der Waals surface area contributed by atoms with Crippen LogP contribution in [0.3, 0.4) is 0 Å². The van der Waals surface area contributed by atoms with E-state index in [1.807, 2.05) is 0 Å². The van der Waals surface area contributed by atoms with Crippen molar-refractivity contribution in [2.45, 2.75) is 20.4 Å². The minimum atomic E-state index is 0.815. The molecule has 0 atom stereocenters. The molecule has 0 radical (unpaired) electrons. The number of nitrogens with zero attached hydrogens (tertiary/aromatic N) is 4. The Morgan fingerprint density at radius 2 is 1.11 bits per heavy atom. The van der Waals surface area contributed by atoms with Crippen molar-refractivity contribution in [1.82, 2.24) is 0 Å². The van der Waals surface area contributed by atoms with Gasteiger partial charge in [0.15, 0.2) is 0 Å². The van der Waals surface area contributed by atoms with E-state index in [9.17, 15) is 0 Å². The lowest BCUT2D eigenvalue weighted by Crippen LogP contribution is -2.37. The van der Waals surface area contributed by atoms with Crippen LogP contribution in [-0.2, 0) is 6.54 Å². The number of benzene rings is 5. The summed E-state index contributed by atoms with van der Waals surface area (Å²) in [5.74, 6) is 0.951. The summed E-state index contributed by atoms with van der Waals surface area (Å²) >= 11 is 0. The molecular formula is C34H28N4. The van der Waals surface area contributed by atoms with Gasteiger partial charge in [-0.2, -0.15) is 0 Å². The number of hydrogen-bond acceptors (Lipinski definition) is 4. The van der Waals surface area contributed by atoms with Gasteiger partial charge in [-0.15, -0.1) is 0 Å². The molecule has 4 heteroatoms. The quantitative estimate of drug-likeness (QED) is 0.250. The molecule has 4 nitrogen and oxygen atoms in total. The summed E-state index contributed by atoms with van der Waals surface area (Å²) < 4.78 is 0. The molecule has 0 N–H and O–H groups in total. The Hall–Kier alpha value is -4.83. The van der Waals surface area contributed by atoms with E-state index in [2.05, 4.69) is 150 Å². The van der Waals surface area contributed by atoms with Gasteiger partial charge in [-0.05, 0) is 86.1 Å². The van der Waals surface area contributed by atoms with Crippen molar-refractivity contribution in [3.05, 3.63) is 138 Å². The number of aliphatic imine (C=N–C) groups is 1. The zero-order chi connectivity index (χ0) is 25.6. The van der Waals surface area contributed by atoms with E-state index >= 15 is 0 Å². The highest BCUT2D eigenvalue weighted by Gasteiger charge is 2.36. The normalized spacial score (nSPS) is 13.5. The van der Waals surface area contributed by atoms with Crippen LogP contribution >= 0.6 is 0 Å². The van der Waals surface area contributed by atoms with E-state index in [1.54, 1.807) is 0 Å². The summed E-state index contributed by atoms with van der Waals surface area (Å²) in [5.41, 5.74) is 11.6. The molecule has 184 valence electrons. The van der Waals surface area contributed by atoms with Crippen molar-refractivity contribution in [2.75, 3.05) is 14.7 Å². The molecule has 5 aromatic rings. The number of fused-ring (bicyclic) bond motifs is 4. The van der Waals surface area contributed by atoms with Crippen molar-refractivity contribution < 1.29 is 0 Å². The molecule has 0 saturated carbocycles. The van der Waals surface area contributed by atoms with Crippen LogP contribution < -0.4 is 14.7 Å². The van der Waals surface area contributed by atoms with Crippen LogP contribution in [0, 0.1) is 13.8 Å². The van der Waals surface area contributed by atoms with Crippen LogP contribution in [0.15, 0.2) is 126 Å². The fourth-order valence-electron chi connectivity index (χ4n) is 5.36. The van der Waals surface area contributed by atoms with Crippen LogP contribution in [0.5, 0.6) is 0 Å². The summed E-state index contributed by atoms with van der Waals surface area (Å²) in [7, 11) is 0. The largest absolute Gasteiger partial charge is 0.311 e. The summed E-state index contributed by atoms with van der Waals surface area (Å²) in [6.45, 7) is 5.06. The molecule has 5 aromatic carbocycles. The van der Waals surface area contributed by atoms with Crippen molar-refractivity contribution in [1.29, 1.82) is 0 Å². The molecule has 0 amide bonds. The summed E-state index contributed by atoms with van der Waals surface area (Å²) in [5, 5.41) is 0. The first-order valence-electron chi connectivity index (χ1n) is 13.0. The standard InChI is InChI=1S/C34H28N4/c1-24-11-15-27(16-12-24)37(28-17-13-25(2)14-18-28)29-19-21-30(22-20-29)38-33-10-6-5-9-32(33)36-23-26-7-3-4-8-31(26)35-34(36)38/h3-22H,23H2,1-2H3. The molecule has 0 bridgehead atoms. The van der Waals surface area contributed by atoms with Gasteiger partial charge < -0.3 is 9.80 Å². The topological polar surface area (TPSA) is 22.1 Å². The number of hydrogen-bond donors (Lipinski definition) is 0. The highest BCUT2D eigenvalue weighted by Crippen LogP contribution is 2.46. The second kappa shape index (κ2) is 8.93. The van der Waals surface area contributed by atoms with Gasteiger partial charge in [0.1, 0.15) is 0 Å². The van der Waals surface area contributed by atoms with E-state index in [0.717, 1.165) is 46.6 Å². The average molecular weight is 493 g/mol. The Morgan fingerprint density at radius 3 is 1.74 bits per heavy atom. The van der Waals surface area contributed by atoms with Crippen molar-refractivity contribution in [3.63, 3.8) is 0 Å². The molecule has 0 spiro atoms. The molecule has 0 aromatic heterocycles. The first kappa shape index (κ1) is 22.4. The second-order valence-corrected chi connectivity index (χ2v) is 9.97. The van der Waals surface area contributed by atoms with Gasteiger partial charge in [-0.1, -0.05) is 65.7 Å². The first-order valence-corrected chi connectivity index (χ1v) is 13.0. The van der Waals surface area contributed by atoms with Gasteiger partial charge in [0.05, 0.1) is 23.6 Å². The van der Waals surface area contributed by atoms with Crippen LogP contribution in [-0.4, -0.2) is 5.96 Å². The number of para-hydroxylation sites is 3. The number of rotatable bonds is 4. The van der Waals surface area contributed by atoms with E-state index in [4.69, 9.17) is 4.99 Å². The lowest BCUT2D eigenvalue weighted by Gasteiger charge is -2.29. The molecule has 0 aliphatic carbocycles. The molecule has 7 rings (SSSR count). The van der Waals surface area contributed by atoms with Crippen molar-refractivity contribution in [3.8, 4) is 0 Å². The zero-order valence-corrected chi connectivity index (χ0v) is 21.5. The van der Waals surface area contributed by atoms with Crippen LogP contribution in [0.4, 0.5) is 39.8 Å². The molecule has 0 unspecified atom stereocenters. The molecule has 2 aliphatic rings. The molecule has 2 heterocycles. The van der Waals surface area contributed by atoms with Gasteiger partial charge >= 0.3 is 0 Å². The molecule has 0 saturated heterocycles. The van der Waals surface area contributed by atoms with Crippen molar-refractivity contribution >= 4 is 45.8 Å². The Kier molecular flexibility index (Phi) is 5.26.